The first kappa shape index (κ1) is 13.9. The molecule has 0 aliphatic rings. The van der Waals surface area contributed by atoms with Crippen molar-refractivity contribution in [2.24, 2.45) is 0 Å². The van der Waals surface area contributed by atoms with Crippen molar-refractivity contribution in [3.8, 4) is 0 Å². The Morgan fingerprint density at radius 1 is 1.14 bits per heavy atom. The second kappa shape index (κ2) is 6.17. The normalized spacial score (nSPS) is 10.4. The average molecular weight is 296 g/mol. The second-order valence-electron chi connectivity index (χ2n) is 4.66. The Kier molecular flexibility index (Phi) is 3.91. The van der Waals surface area contributed by atoms with Crippen LogP contribution >= 0.6 is 0 Å². The van der Waals surface area contributed by atoms with E-state index in [1.807, 2.05) is 0 Å². The van der Waals surface area contributed by atoms with Gasteiger partial charge in [0.15, 0.2) is 5.82 Å². The lowest BCUT2D eigenvalue weighted by atomic mass is 10.2. The summed E-state index contributed by atoms with van der Waals surface area (Å²) in [5.41, 5.74) is 0.847. The number of hydrogen-bond donors (Lipinski definition) is 1. The third-order valence-corrected chi connectivity index (χ3v) is 3.07. The Bertz CT molecular complexity index is 786. The molecular weight excluding hydrogens is 283 g/mol. The van der Waals surface area contributed by atoms with Crippen molar-refractivity contribution in [2.75, 3.05) is 5.32 Å². The van der Waals surface area contributed by atoms with Crippen LogP contribution in [0.3, 0.4) is 0 Å². The number of benzene rings is 1. The maximum atomic E-state index is 13.6. The van der Waals surface area contributed by atoms with Crippen molar-refractivity contribution in [3.05, 3.63) is 78.0 Å². The number of rotatable bonds is 4. The minimum atomic E-state index is -0.336. The highest BCUT2D eigenvalue weighted by Gasteiger charge is 2.09. The molecule has 0 saturated heterocycles. The summed E-state index contributed by atoms with van der Waals surface area (Å²) >= 11 is 0. The van der Waals surface area contributed by atoms with Crippen LogP contribution in [-0.2, 0) is 6.54 Å². The first-order valence-electron chi connectivity index (χ1n) is 6.71. The van der Waals surface area contributed by atoms with Gasteiger partial charge in [0.05, 0.1) is 6.54 Å². The van der Waals surface area contributed by atoms with Gasteiger partial charge >= 0.3 is 0 Å². The number of halogens is 1. The largest absolute Gasteiger partial charge is 0.304 e. The zero-order valence-corrected chi connectivity index (χ0v) is 11.6. The van der Waals surface area contributed by atoms with Crippen LogP contribution in [0.1, 0.15) is 16.1 Å². The van der Waals surface area contributed by atoms with Crippen molar-refractivity contribution in [1.82, 2.24) is 14.8 Å². The van der Waals surface area contributed by atoms with Crippen LogP contribution in [0, 0.1) is 5.82 Å². The molecule has 0 radical (unpaired) electrons. The number of amides is 1. The molecule has 1 amide bonds. The maximum Gasteiger partial charge on any atom is 0.275 e. The van der Waals surface area contributed by atoms with Gasteiger partial charge in [-0.25, -0.2) is 4.39 Å². The number of anilines is 1. The van der Waals surface area contributed by atoms with E-state index in [1.54, 1.807) is 59.5 Å². The molecule has 3 rings (SSSR count). The van der Waals surface area contributed by atoms with Crippen molar-refractivity contribution in [3.63, 3.8) is 0 Å². The van der Waals surface area contributed by atoms with E-state index in [0.717, 1.165) is 0 Å². The fourth-order valence-corrected chi connectivity index (χ4v) is 1.99. The van der Waals surface area contributed by atoms with Crippen LogP contribution in [0.15, 0.2) is 60.9 Å². The van der Waals surface area contributed by atoms with E-state index >= 15 is 0 Å². The molecule has 0 bridgehead atoms. The zero-order chi connectivity index (χ0) is 15.4. The zero-order valence-electron chi connectivity index (χ0n) is 11.6. The molecule has 0 aliphatic carbocycles. The lowest BCUT2D eigenvalue weighted by Gasteiger charge is -2.03. The molecule has 0 unspecified atom stereocenters. The Hall–Kier alpha value is -3.02. The third-order valence-electron chi connectivity index (χ3n) is 3.07. The molecule has 2 heterocycles. The summed E-state index contributed by atoms with van der Waals surface area (Å²) in [7, 11) is 0. The molecule has 0 saturated carbocycles. The van der Waals surface area contributed by atoms with Gasteiger partial charge in [-0.2, -0.15) is 5.10 Å². The van der Waals surface area contributed by atoms with Gasteiger partial charge in [-0.1, -0.05) is 24.3 Å². The van der Waals surface area contributed by atoms with Gasteiger partial charge in [-0.3, -0.25) is 14.5 Å². The standard InChI is InChI=1S/C16H13FN4O/c17-13-6-2-1-5-12(13)11-21-10-8-15(20-21)19-16(22)14-7-3-4-9-18-14/h1-10H,11H2,(H,19,20,22). The first-order valence-corrected chi connectivity index (χ1v) is 6.71. The molecule has 2 aromatic heterocycles. The van der Waals surface area contributed by atoms with Crippen LogP contribution in [0.5, 0.6) is 0 Å². The summed E-state index contributed by atoms with van der Waals surface area (Å²) in [6.45, 7) is 0.298. The summed E-state index contributed by atoms with van der Waals surface area (Å²) in [4.78, 5) is 15.9. The monoisotopic (exact) mass is 296 g/mol. The van der Waals surface area contributed by atoms with Gasteiger partial charge in [0.1, 0.15) is 11.5 Å². The van der Waals surface area contributed by atoms with Crippen LogP contribution in [0.25, 0.3) is 0 Å². The van der Waals surface area contributed by atoms with Crippen LogP contribution in [0.4, 0.5) is 10.2 Å². The minimum Gasteiger partial charge on any atom is -0.304 e. The molecule has 6 heteroatoms. The highest BCUT2D eigenvalue weighted by Crippen LogP contribution is 2.10. The molecule has 0 aliphatic heterocycles. The van der Waals surface area contributed by atoms with E-state index in [9.17, 15) is 9.18 Å². The van der Waals surface area contributed by atoms with E-state index < -0.39 is 0 Å². The Balaban J connectivity index is 1.69. The molecule has 5 nitrogen and oxygen atoms in total. The van der Waals surface area contributed by atoms with Crippen molar-refractivity contribution >= 4 is 11.7 Å². The van der Waals surface area contributed by atoms with Crippen molar-refractivity contribution in [1.29, 1.82) is 0 Å². The van der Waals surface area contributed by atoms with Gasteiger partial charge in [-0.05, 0) is 18.2 Å². The van der Waals surface area contributed by atoms with Gasteiger partial charge in [-0.15, -0.1) is 0 Å². The van der Waals surface area contributed by atoms with Crippen molar-refractivity contribution < 1.29 is 9.18 Å². The molecule has 3 aromatic rings. The summed E-state index contributed by atoms with van der Waals surface area (Å²) in [5.74, 6) is -0.221. The highest BCUT2D eigenvalue weighted by atomic mass is 19.1. The summed E-state index contributed by atoms with van der Waals surface area (Å²) < 4.78 is 15.2. The lowest BCUT2D eigenvalue weighted by Crippen LogP contribution is -2.14. The third kappa shape index (κ3) is 3.17. The Morgan fingerprint density at radius 3 is 2.73 bits per heavy atom. The molecule has 22 heavy (non-hydrogen) atoms. The van der Waals surface area contributed by atoms with Crippen LogP contribution in [-0.4, -0.2) is 20.7 Å². The molecular formula is C16H13FN4O. The smallest absolute Gasteiger partial charge is 0.275 e. The van der Waals surface area contributed by atoms with E-state index in [-0.39, 0.29) is 11.7 Å². The summed E-state index contributed by atoms with van der Waals surface area (Å²) in [5, 5.41) is 6.85. The molecule has 110 valence electrons. The lowest BCUT2D eigenvalue weighted by molar-refractivity contribution is 0.102. The average Bonchev–Trinajstić information content (AvgIpc) is 2.97. The fourth-order valence-electron chi connectivity index (χ4n) is 1.99. The Morgan fingerprint density at radius 2 is 1.95 bits per heavy atom. The predicted molar refractivity (Wildman–Crippen MR) is 79.9 cm³/mol. The predicted octanol–water partition coefficient (Wildman–Crippen LogP) is 2.72. The van der Waals surface area contributed by atoms with E-state index in [0.29, 0.717) is 23.6 Å². The number of hydrogen-bond acceptors (Lipinski definition) is 3. The van der Waals surface area contributed by atoms with Crippen LogP contribution in [0.2, 0.25) is 0 Å². The summed E-state index contributed by atoms with van der Waals surface area (Å²) in [6, 6.07) is 13.3. The van der Waals surface area contributed by atoms with Crippen LogP contribution < -0.4 is 5.32 Å². The number of pyridine rings is 1. The highest BCUT2D eigenvalue weighted by molar-refractivity contribution is 6.02. The van der Waals surface area contributed by atoms with E-state index in [4.69, 9.17) is 0 Å². The summed E-state index contributed by atoms with van der Waals surface area (Å²) in [6.07, 6.45) is 3.23. The second-order valence-corrected chi connectivity index (χ2v) is 4.66. The van der Waals surface area contributed by atoms with Gasteiger partial charge in [0.25, 0.3) is 5.91 Å². The number of nitrogens with zero attached hydrogens (tertiary/aromatic N) is 3. The molecule has 0 spiro atoms. The topological polar surface area (TPSA) is 59.8 Å². The van der Waals surface area contributed by atoms with E-state index in [2.05, 4.69) is 15.4 Å². The Labute approximate surface area is 126 Å². The maximum absolute atomic E-state index is 13.6. The number of aromatic nitrogens is 3. The van der Waals surface area contributed by atoms with Gasteiger partial charge in [0.2, 0.25) is 0 Å². The van der Waals surface area contributed by atoms with Gasteiger partial charge in [0, 0.05) is 24.0 Å². The number of carbonyl (C=O) groups excluding carboxylic acids is 1. The number of carbonyl (C=O) groups is 1. The van der Waals surface area contributed by atoms with Gasteiger partial charge < -0.3 is 5.32 Å². The number of nitrogens with one attached hydrogen (secondary N) is 1. The molecule has 0 atom stereocenters. The quantitative estimate of drug-likeness (QED) is 0.805. The first-order chi connectivity index (χ1) is 10.7. The van der Waals surface area contributed by atoms with Crippen molar-refractivity contribution in [2.45, 2.75) is 6.54 Å². The fraction of sp³-hybridized carbons (Fsp3) is 0.0625. The molecule has 1 N–H and O–H groups in total. The molecule has 0 fully saturated rings. The minimum absolute atomic E-state index is 0.280. The van der Waals surface area contributed by atoms with E-state index in [1.165, 1.54) is 6.07 Å². The molecule has 1 aromatic carbocycles. The SMILES string of the molecule is O=C(Nc1ccn(Cc2ccccc2F)n1)c1ccccn1.